The maximum atomic E-state index is 10.9. The molecule has 0 heterocycles. The second kappa shape index (κ2) is 5.16. The summed E-state index contributed by atoms with van der Waals surface area (Å²) < 4.78 is 5.06. The van der Waals surface area contributed by atoms with E-state index in [1.54, 1.807) is 25.3 Å². The lowest BCUT2D eigenvalue weighted by atomic mass is 10.0. The van der Waals surface area contributed by atoms with E-state index in [-0.39, 0.29) is 0 Å². The number of carbonyl (C=O) groups is 2. The average molecular weight is 223 g/mol. The molecule has 0 saturated carbocycles. The number of methoxy groups -OCH3 is 1. The van der Waals surface area contributed by atoms with Crippen molar-refractivity contribution in [2.45, 2.75) is 13.0 Å². The Labute approximate surface area is 93.0 Å². The summed E-state index contributed by atoms with van der Waals surface area (Å²) in [6.07, 6.45) is 0.373. The van der Waals surface area contributed by atoms with Crippen LogP contribution in [0.1, 0.15) is 17.2 Å². The van der Waals surface area contributed by atoms with E-state index in [1.165, 1.54) is 0 Å². The first kappa shape index (κ1) is 12.0. The van der Waals surface area contributed by atoms with E-state index in [1.807, 2.05) is 6.92 Å². The number of carbonyl (C=O) groups excluding carboxylic acids is 1. The molecule has 0 saturated heterocycles. The van der Waals surface area contributed by atoms with Crippen molar-refractivity contribution < 1.29 is 19.4 Å². The Morgan fingerprint density at radius 2 is 2.25 bits per heavy atom. The third-order valence-corrected chi connectivity index (χ3v) is 2.23. The first-order valence-electron chi connectivity index (χ1n) is 4.67. The number of hydrogen-bond acceptors (Lipinski definition) is 3. The van der Waals surface area contributed by atoms with Crippen molar-refractivity contribution in [2.24, 2.45) is 0 Å². The van der Waals surface area contributed by atoms with Gasteiger partial charge in [-0.2, -0.15) is 0 Å². The van der Waals surface area contributed by atoms with Gasteiger partial charge in [-0.1, -0.05) is 6.07 Å². The van der Waals surface area contributed by atoms with Crippen LogP contribution < -0.4 is 10.1 Å². The van der Waals surface area contributed by atoms with Crippen LogP contribution in [0, 0.1) is 6.92 Å². The minimum absolute atomic E-state index is 0.373. The van der Waals surface area contributed by atoms with Crippen LogP contribution in [0.4, 0.5) is 0 Å². The van der Waals surface area contributed by atoms with Gasteiger partial charge >= 0.3 is 5.97 Å². The lowest BCUT2D eigenvalue weighted by Crippen LogP contribution is -2.27. The number of aryl methyl sites for hydroxylation is 1. The van der Waals surface area contributed by atoms with Crippen LogP contribution in [0.25, 0.3) is 0 Å². The number of aliphatic carboxylic acids is 1. The number of benzene rings is 1. The minimum atomic E-state index is -1.10. The molecule has 0 aliphatic rings. The van der Waals surface area contributed by atoms with Gasteiger partial charge < -0.3 is 15.2 Å². The van der Waals surface area contributed by atoms with Gasteiger partial charge in [0.2, 0.25) is 6.41 Å². The van der Waals surface area contributed by atoms with Crippen LogP contribution in [0.15, 0.2) is 18.2 Å². The number of hydrogen-bond donors (Lipinski definition) is 2. The predicted molar refractivity (Wildman–Crippen MR) is 57.3 cm³/mol. The van der Waals surface area contributed by atoms with E-state index in [2.05, 4.69) is 5.32 Å². The summed E-state index contributed by atoms with van der Waals surface area (Å²) >= 11 is 0. The van der Waals surface area contributed by atoms with Crippen LogP contribution >= 0.6 is 0 Å². The molecule has 1 unspecified atom stereocenters. The van der Waals surface area contributed by atoms with E-state index < -0.39 is 12.0 Å². The summed E-state index contributed by atoms with van der Waals surface area (Å²) in [4.78, 5) is 21.2. The lowest BCUT2D eigenvalue weighted by molar-refractivity contribution is -0.140. The number of nitrogens with one attached hydrogen (secondary N) is 1. The Balaban J connectivity index is 3.06. The van der Waals surface area contributed by atoms with Gasteiger partial charge in [0.05, 0.1) is 7.11 Å². The van der Waals surface area contributed by atoms with Gasteiger partial charge in [-0.25, -0.2) is 4.79 Å². The monoisotopic (exact) mass is 223 g/mol. The topological polar surface area (TPSA) is 75.6 Å². The second-order valence-corrected chi connectivity index (χ2v) is 3.28. The summed E-state index contributed by atoms with van der Waals surface area (Å²) in [5, 5.41) is 11.2. The first-order valence-corrected chi connectivity index (χ1v) is 4.67. The highest BCUT2D eigenvalue weighted by Gasteiger charge is 2.19. The Morgan fingerprint density at radius 3 is 2.69 bits per heavy atom. The van der Waals surface area contributed by atoms with Gasteiger partial charge in [0.1, 0.15) is 5.75 Å². The Morgan fingerprint density at radius 1 is 1.56 bits per heavy atom. The van der Waals surface area contributed by atoms with Gasteiger partial charge in [-0.3, -0.25) is 4.79 Å². The molecule has 1 rings (SSSR count). The van der Waals surface area contributed by atoms with Crippen LogP contribution in [-0.2, 0) is 9.59 Å². The first-order chi connectivity index (χ1) is 7.60. The maximum Gasteiger partial charge on any atom is 0.330 e. The van der Waals surface area contributed by atoms with Crippen LogP contribution in [0.2, 0.25) is 0 Å². The molecule has 1 aromatic carbocycles. The van der Waals surface area contributed by atoms with Crippen molar-refractivity contribution in [3.63, 3.8) is 0 Å². The molecule has 2 N–H and O–H groups in total. The largest absolute Gasteiger partial charge is 0.496 e. The van der Waals surface area contributed by atoms with Crippen LogP contribution in [-0.4, -0.2) is 24.6 Å². The third-order valence-electron chi connectivity index (χ3n) is 2.23. The Kier molecular flexibility index (Phi) is 3.88. The van der Waals surface area contributed by atoms with Crippen LogP contribution in [0.3, 0.4) is 0 Å². The van der Waals surface area contributed by atoms with E-state index in [0.717, 1.165) is 5.56 Å². The highest BCUT2D eigenvalue weighted by molar-refractivity contribution is 5.78. The molecule has 16 heavy (non-hydrogen) atoms. The Hall–Kier alpha value is -2.04. The third kappa shape index (κ3) is 2.50. The minimum Gasteiger partial charge on any atom is -0.496 e. The number of carboxylic acid groups (broad SMARTS) is 1. The Bertz CT molecular complexity index is 403. The number of amides is 1. The molecule has 0 radical (unpaired) electrons. The van der Waals surface area contributed by atoms with Crippen molar-refractivity contribution in [2.75, 3.05) is 7.11 Å². The highest BCUT2D eigenvalue weighted by Crippen LogP contribution is 2.22. The van der Waals surface area contributed by atoms with Crippen molar-refractivity contribution in [3.8, 4) is 5.75 Å². The van der Waals surface area contributed by atoms with E-state index in [0.29, 0.717) is 17.7 Å². The summed E-state index contributed by atoms with van der Waals surface area (Å²) in [5.74, 6) is -0.421. The zero-order chi connectivity index (χ0) is 12.1. The molecule has 1 aromatic rings. The fourth-order valence-electron chi connectivity index (χ4n) is 1.46. The smallest absolute Gasteiger partial charge is 0.330 e. The fraction of sp³-hybridized carbons (Fsp3) is 0.273. The molecule has 0 aromatic heterocycles. The molecular weight excluding hydrogens is 210 g/mol. The van der Waals surface area contributed by atoms with E-state index in [9.17, 15) is 9.59 Å². The van der Waals surface area contributed by atoms with E-state index >= 15 is 0 Å². The summed E-state index contributed by atoms with van der Waals surface area (Å²) in [7, 11) is 1.54. The zero-order valence-electron chi connectivity index (χ0n) is 9.06. The molecule has 0 bridgehead atoms. The second-order valence-electron chi connectivity index (χ2n) is 3.28. The molecule has 1 amide bonds. The standard InChI is InChI=1S/C11H13NO4/c1-7-5-8(3-4-9(7)16-2)10(11(14)15)12-6-13/h3-6,10H,1-2H3,(H,12,13)(H,14,15). The van der Waals surface area contributed by atoms with Crippen LogP contribution in [0.5, 0.6) is 5.75 Å². The molecule has 86 valence electrons. The molecule has 0 aliphatic carbocycles. The van der Waals surface area contributed by atoms with Gasteiger partial charge in [0.15, 0.2) is 6.04 Å². The summed E-state index contributed by atoms with van der Waals surface area (Å²) in [6, 6.07) is 3.93. The molecule has 0 spiro atoms. The fourth-order valence-corrected chi connectivity index (χ4v) is 1.46. The molecule has 0 aliphatic heterocycles. The predicted octanol–water partition coefficient (Wildman–Crippen LogP) is 0.875. The number of rotatable bonds is 5. The van der Waals surface area contributed by atoms with E-state index in [4.69, 9.17) is 9.84 Å². The van der Waals surface area contributed by atoms with Gasteiger partial charge in [0, 0.05) is 0 Å². The highest BCUT2D eigenvalue weighted by atomic mass is 16.5. The van der Waals surface area contributed by atoms with Gasteiger partial charge in [-0.15, -0.1) is 0 Å². The number of ether oxygens (including phenoxy) is 1. The molecule has 5 heteroatoms. The molecule has 1 atom stereocenters. The molecule has 5 nitrogen and oxygen atoms in total. The van der Waals surface area contributed by atoms with Gasteiger partial charge in [-0.05, 0) is 30.2 Å². The average Bonchev–Trinajstić information content (AvgIpc) is 2.25. The van der Waals surface area contributed by atoms with Crippen molar-refractivity contribution in [1.82, 2.24) is 5.32 Å². The van der Waals surface area contributed by atoms with Gasteiger partial charge in [0.25, 0.3) is 0 Å². The SMILES string of the molecule is COc1ccc(C(NC=O)C(=O)O)cc1C. The molecular formula is C11H13NO4. The lowest BCUT2D eigenvalue weighted by Gasteiger charge is -2.13. The number of carboxylic acids is 1. The quantitative estimate of drug-likeness (QED) is 0.726. The summed E-state index contributed by atoms with van der Waals surface area (Å²) in [5.41, 5.74) is 1.33. The maximum absolute atomic E-state index is 10.9. The van der Waals surface area contributed by atoms with Crippen molar-refractivity contribution in [1.29, 1.82) is 0 Å². The van der Waals surface area contributed by atoms with Crippen molar-refractivity contribution >= 4 is 12.4 Å². The summed E-state index contributed by atoms with van der Waals surface area (Å²) in [6.45, 7) is 1.81. The van der Waals surface area contributed by atoms with Crippen molar-refractivity contribution in [3.05, 3.63) is 29.3 Å². The normalized spacial score (nSPS) is 11.6. The molecule has 0 fully saturated rings. The zero-order valence-corrected chi connectivity index (χ0v) is 9.06.